The van der Waals surface area contributed by atoms with Crippen molar-refractivity contribution < 1.29 is 19.1 Å². The van der Waals surface area contributed by atoms with E-state index in [4.69, 9.17) is 9.47 Å². The zero-order valence-electron chi connectivity index (χ0n) is 19.4. The summed E-state index contributed by atoms with van der Waals surface area (Å²) in [6, 6.07) is 0. The first-order chi connectivity index (χ1) is 14.1. The van der Waals surface area contributed by atoms with E-state index in [1.807, 2.05) is 0 Å². The Labute approximate surface area is 181 Å². The SMILES string of the molecule is C=C(C)C(=O)OCCOC(=O)C1(C)CCCC2(C)C3CCC(C(C)C)=CC3=CCC12. The van der Waals surface area contributed by atoms with Gasteiger partial charge in [0.15, 0.2) is 0 Å². The van der Waals surface area contributed by atoms with Crippen molar-refractivity contribution >= 4 is 11.9 Å². The number of ether oxygens (including phenoxy) is 2. The summed E-state index contributed by atoms with van der Waals surface area (Å²) < 4.78 is 10.7. The summed E-state index contributed by atoms with van der Waals surface area (Å²) in [4.78, 5) is 24.7. The number of carbonyl (C=O) groups excluding carboxylic acids is 2. The Morgan fingerprint density at radius 1 is 1.20 bits per heavy atom. The smallest absolute Gasteiger partial charge is 0.333 e. The molecule has 4 atom stereocenters. The molecule has 4 nitrogen and oxygen atoms in total. The van der Waals surface area contributed by atoms with Gasteiger partial charge in [0.2, 0.25) is 0 Å². The third-order valence-corrected chi connectivity index (χ3v) is 7.94. The second kappa shape index (κ2) is 8.72. The minimum absolute atomic E-state index is 0.0743. The minimum atomic E-state index is -0.491. The summed E-state index contributed by atoms with van der Waals surface area (Å²) in [5.74, 6) is 0.826. The van der Waals surface area contributed by atoms with E-state index in [9.17, 15) is 9.59 Å². The number of rotatable bonds is 6. The molecular weight excluding hydrogens is 376 g/mol. The predicted octanol–water partition coefficient (Wildman–Crippen LogP) is 5.78. The fraction of sp³-hybridized carbons (Fsp3) is 0.692. The lowest BCUT2D eigenvalue weighted by molar-refractivity contribution is -0.171. The molecule has 3 aliphatic rings. The highest BCUT2D eigenvalue weighted by Crippen LogP contribution is 2.62. The summed E-state index contributed by atoms with van der Waals surface area (Å²) in [6.07, 6.45) is 11.2. The number of carbonyl (C=O) groups is 2. The topological polar surface area (TPSA) is 52.6 Å². The van der Waals surface area contributed by atoms with Gasteiger partial charge < -0.3 is 9.47 Å². The van der Waals surface area contributed by atoms with E-state index in [2.05, 4.69) is 46.4 Å². The van der Waals surface area contributed by atoms with Crippen LogP contribution in [0.3, 0.4) is 0 Å². The number of esters is 2. The lowest BCUT2D eigenvalue weighted by Gasteiger charge is -2.57. The summed E-state index contributed by atoms with van der Waals surface area (Å²) in [5.41, 5.74) is 3.04. The third-order valence-electron chi connectivity index (χ3n) is 7.94. The summed E-state index contributed by atoms with van der Waals surface area (Å²) in [7, 11) is 0. The molecule has 3 aliphatic carbocycles. The van der Waals surface area contributed by atoms with Crippen molar-refractivity contribution in [3.63, 3.8) is 0 Å². The molecule has 0 bridgehead atoms. The van der Waals surface area contributed by atoms with Gasteiger partial charge in [0.1, 0.15) is 13.2 Å². The molecular formula is C26H38O4. The second-order valence-corrected chi connectivity index (χ2v) is 10.3. The lowest BCUT2D eigenvalue weighted by Crippen LogP contribution is -2.53. The number of hydrogen-bond donors (Lipinski definition) is 0. The highest BCUT2D eigenvalue weighted by atomic mass is 16.6. The molecule has 0 aliphatic heterocycles. The van der Waals surface area contributed by atoms with Crippen molar-refractivity contribution in [1.82, 2.24) is 0 Å². The number of allylic oxidation sites excluding steroid dienone is 4. The van der Waals surface area contributed by atoms with Gasteiger partial charge in [-0.2, -0.15) is 0 Å². The van der Waals surface area contributed by atoms with E-state index in [0.717, 1.165) is 25.7 Å². The number of hydrogen-bond acceptors (Lipinski definition) is 4. The maximum Gasteiger partial charge on any atom is 0.333 e. The highest BCUT2D eigenvalue weighted by Gasteiger charge is 2.57. The molecule has 4 unspecified atom stereocenters. The van der Waals surface area contributed by atoms with Gasteiger partial charge in [-0.3, -0.25) is 4.79 Å². The van der Waals surface area contributed by atoms with E-state index in [1.54, 1.807) is 12.5 Å². The van der Waals surface area contributed by atoms with E-state index in [-0.39, 0.29) is 30.5 Å². The lowest BCUT2D eigenvalue weighted by atomic mass is 9.47. The van der Waals surface area contributed by atoms with Crippen molar-refractivity contribution in [3.05, 3.63) is 35.5 Å². The maximum atomic E-state index is 13.2. The second-order valence-electron chi connectivity index (χ2n) is 10.3. The molecule has 4 heteroatoms. The number of fused-ring (bicyclic) bond motifs is 3. The van der Waals surface area contributed by atoms with Crippen molar-refractivity contribution in [1.29, 1.82) is 0 Å². The molecule has 1 fully saturated rings. The van der Waals surface area contributed by atoms with E-state index < -0.39 is 11.4 Å². The van der Waals surface area contributed by atoms with E-state index in [0.29, 0.717) is 17.4 Å². The highest BCUT2D eigenvalue weighted by molar-refractivity contribution is 5.86. The fourth-order valence-electron chi connectivity index (χ4n) is 6.15. The van der Waals surface area contributed by atoms with Crippen LogP contribution in [0.2, 0.25) is 0 Å². The van der Waals surface area contributed by atoms with Crippen molar-refractivity contribution in [3.8, 4) is 0 Å². The van der Waals surface area contributed by atoms with Crippen LogP contribution in [0.1, 0.15) is 73.1 Å². The summed E-state index contributed by atoms with van der Waals surface area (Å²) in [5, 5.41) is 0. The molecule has 1 saturated carbocycles. The first kappa shape index (κ1) is 22.8. The van der Waals surface area contributed by atoms with Crippen molar-refractivity contribution in [2.24, 2.45) is 28.6 Å². The molecule has 0 aromatic rings. The molecule has 166 valence electrons. The monoisotopic (exact) mass is 414 g/mol. The molecule has 30 heavy (non-hydrogen) atoms. The fourth-order valence-corrected chi connectivity index (χ4v) is 6.15. The largest absolute Gasteiger partial charge is 0.462 e. The van der Waals surface area contributed by atoms with Crippen LogP contribution in [0.5, 0.6) is 0 Å². The molecule has 0 heterocycles. The van der Waals surface area contributed by atoms with Crippen LogP contribution in [0.25, 0.3) is 0 Å². The minimum Gasteiger partial charge on any atom is -0.462 e. The first-order valence-corrected chi connectivity index (χ1v) is 11.5. The summed E-state index contributed by atoms with van der Waals surface area (Å²) >= 11 is 0. The van der Waals surface area contributed by atoms with Gasteiger partial charge in [0, 0.05) is 5.57 Å². The molecule has 0 saturated heterocycles. The van der Waals surface area contributed by atoms with Gasteiger partial charge in [-0.1, -0.05) is 51.5 Å². The van der Waals surface area contributed by atoms with Crippen LogP contribution in [-0.4, -0.2) is 25.2 Å². The van der Waals surface area contributed by atoms with Gasteiger partial charge in [-0.15, -0.1) is 0 Å². The molecule has 3 rings (SSSR count). The predicted molar refractivity (Wildman–Crippen MR) is 119 cm³/mol. The Bertz CT molecular complexity index is 774. The van der Waals surface area contributed by atoms with Gasteiger partial charge >= 0.3 is 11.9 Å². The zero-order chi connectivity index (χ0) is 22.1. The van der Waals surface area contributed by atoms with Crippen LogP contribution in [0.15, 0.2) is 35.5 Å². The Morgan fingerprint density at radius 2 is 1.90 bits per heavy atom. The van der Waals surface area contributed by atoms with Crippen LogP contribution in [0, 0.1) is 28.6 Å². The molecule has 0 radical (unpaired) electrons. The van der Waals surface area contributed by atoms with Gasteiger partial charge in [0.05, 0.1) is 5.41 Å². The van der Waals surface area contributed by atoms with Crippen LogP contribution in [0.4, 0.5) is 0 Å². The molecule has 0 amide bonds. The molecule has 0 aromatic carbocycles. The maximum absolute atomic E-state index is 13.2. The molecule has 0 spiro atoms. The molecule has 0 N–H and O–H groups in total. The quantitative estimate of drug-likeness (QED) is 0.314. The van der Waals surface area contributed by atoms with E-state index >= 15 is 0 Å². The van der Waals surface area contributed by atoms with E-state index in [1.165, 1.54) is 18.4 Å². The van der Waals surface area contributed by atoms with Gasteiger partial charge in [-0.05, 0) is 74.7 Å². The Morgan fingerprint density at radius 3 is 2.57 bits per heavy atom. The van der Waals surface area contributed by atoms with Crippen molar-refractivity contribution in [2.45, 2.75) is 73.1 Å². The standard InChI is InChI=1S/C26H38O4/c1-17(2)19-8-10-21-20(16-19)9-11-22-25(21,5)12-7-13-26(22,6)24(28)30-15-14-29-23(27)18(3)4/h9,16-17,21-22H,3,7-8,10-15H2,1-2,4-6H3. The van der Waals surface area contributed by atoms with Crippen LogP contribution in [-0.2, 0) is 19.1 Å². The average molecular weight is 415 g/mol. The van der Waals surface area contributed by atoms with Crippen LogP contribution < -0.4 is 0 Å². The Hall–Kier alpha value is -1.84. The summed E-state index contributed by atoms with van der Waals surface area (Å²) in [6.45, 7) is 14.4. The Kier molecular flexibility index (Phi) is 6.64. The van der Waals surface area contributed by atoms with Gasteiger partial charge in [-0.25, -0.2) is 4.79 Å². The van der Waals surface area contributed by atoms with Crippen LogP contribution >= 0.6 is 0 Å². The first-order valence-electron chi connectivity index (χ1n) is 11.5. The van der Waals surface area contributed by atoms with Gasteiger partial charge in [0.25, 0.3) is 0 Å². The third kappa shape index (κ3) is 4.15. The normalized spacial score (nSPS) is 33.0. The average Bonchev–Trinajstić information content (AvgIpc) is 2.70. The molecule has 0 aromatic heterocycles. The van der Waals surface area contributed by atoms with Crippen molar-refractivity contribution in [2.75, 3.05) is 13.2 Å². The Balaban J connectivity index is 1.72. The zero-order valence-corrected chi connectivity index (χ0v) is 19.4.